The van der Waals surface area contributed by atoms with Gasteiger partial charge in [-0.15, -0.1) is 0 Å². The summed E-state index contributed by atoms with van der Waals surface area (Å²) in [7, 11) is 0. The molecule has 0 saturated heterocycles. The summed E-state index contributed by atoms with van der Waals surface area (Å²) in [5, 5.41) is 0. The van der Waals surface area contributed by atoms with Gasteiger partial charge < -0.3 is 9.30 Å². The van der Waals surface area contributed by atoms with E-state index in [1.807, 2.05) is 41.8 Å². The first-order valence-electron chi connectivity index (χ1n) is 7.59. The Balaban J connectivity index is 1.83. The molecule has 0 aliphatic heterocycles. The fraction of sp³-hybridized carbons (Fsp3) is 0.333. The molecule has 1 aromatic carbocycles. The Kier molecular flexibility index (Phi) is 3.84. The molecule has 3 rings (SSSR count). The van der Waals surface area contributed by atoms with Crippen molar-refractivity contribution in [2.24, 2.45) is 0 Å². The number of imidazole rings is 1. The first kappa shape index (κ1) is 14.6. The van der Waals surface area contributed by atoms with Gasteiger partial charge in [0.1, 0.15) is 11.3 Å². The van der Waals surface area contributed by atoms with Crippen LogP contribution in [0.1, 0.15) is 48.3 Å². The molecule has 22 heavy (non-hydrogen) atoms. The lowest BCUT2D eigenvalue weighted by Crippen LogP contribution is -2.40. The van der Waals surface area contributed by atoms with E-state index in [1.54, 1.807) is 18.6 Å². The number of hydrogen-bond acceptors (Lipinski definition) is 3. The molecule has 2 aromatic rings. The van der Waals surface area contributed by atoms with Crippen LogP contribution in [-0.2, 0) is 4.74 Å². The molecule has 0 amide bonds. The van der Waals surface area contributed by atoms with Crippen LogP contribution in [0.2, 0.25) is 0 Å². The molecular weight excluding hydrogens is 276 g/mol. The molecule has 1 atom stereocenters. The van der Waals surface area contributed by atoms with Gasteiger partial charge in [-0.05, 0) is 37.8 Å². The van der Waals surface area contributed by atoms with Gasteiger partial charge in [-0.3, -0.25) is 0 Å². The number of hydrogen-bond donors (Lipinski definition) is 0. The topological polar surface area (TPSA) is 44.1 Å². The van der Waals surface area contributed by atoms with Crippen LogP contribution in [0, 0.1) is 0 Å². The molecule has 1 heterocycles. The van der Waals surface area contributed by atoms with E-state index in [-0.39, 0.29) is 12.0 Å². The quantitative estimate of drug-likeness (QED) is 0.623. The van der Waals surface area contributed by atoms with E-state index in [0.29, 0.717) is 5.69 Å². The summed E-state index contributed by atoms with van der Waals surface area (Å²) in [6.07, 6.45) is 7.76. The molecule has 1 aliphatic carbocycles. The van der Waals surface area contributed by atoms with Gasteiger partial charge in [0.15, 0.2) is 0 Å². The van der Waals surface area contributed by atoms with Crippen LogP contribution in [-0.4, -0.2) is 21.1 Å². The number of carbonyl (C=O) groups is 1. The molecule has 0 N–H and O–H groups in total. The number of aromatic nitrogens is 2. The predicted molar refractivity (Wildman–Crippen MR) is 84.7 cm³/mol. The molecule has 4 heteroatoms. The minimum atomic E-state index is -0.484. The standard InChI is InChI=1S/C18H20N2O2/c1-3-18(10-7-11-18)22-17(21)16-12-19-13-20(16)14(2)15-8-5-4-6-9-15/h3-6,8-9,12-14H,1,7,10-11H2,2H3. The van der Waals surface area contributed by atoms with Crippen LogP contribution in [0.3, 0.4) is 0 Å². The number of ether oxygens (including phenoxy) is 1. The van der Waals surface area contributed by atoms with Crippen LogP contribution in [0.25, 0.3) is 0 Å². The molecule has 1 aliphatic rings. The summed E-state index contributed by atoms with van der Waals surface area (Å²) < 4.78 is 7.53. The monoisotopic (exact) mass is 296 g/mol. The van der Waals surface area contributed by atoms with Crippen molar-refractivity contribution < 1.29 is 9.53 Å². The number of carbonyl (C=O) groups excluding carboxylic acids is 1. The summed E-state index contributed by atoms with van der Waals surface area (Å²) in [6.45, 7) is 5.84. The molecule has 4 nitrogen and oxygen atoms in total. The summed E-state index contributed by atoms with van der Waals surface area (Å²) in [5.41, 5.74) is 1.11. The fourth-order valence-electron chi connectivity index (χ4n) is 2.77. The van der Waals surface area contributed by atoms with Gasteiger partial charge in [0.05, 0.1) is 18.6 Å². The molecule has 0 spiro atoms. The molecule has 1 fully saturated rings. The Hall–Kier alpha value is -2.36. The Labute approximate surface area is 130 Å². The Morgan fingerprint density at radius 1 is 1.41 bits per heavy atom. The third-order valence-electron chi connectivity index (χ3n) is 4.44. The zero-order valence-corrected chi connectivity index (χ0v) is 12.7. The van der Waals surface area contributed by atoms with Crippen LogP contribution < -0.4 is 0 Å². The van der Waals surface area contributed by atoms with Crippen molar-refractivity contribution in [3.63, 3.8) is 0 Å². The van der Waals surface area contributed by atoms with Gasteiger partial charge in [-0.25, -0.2) is 9.78 Å². The maximum Gasteiger partial charge on any atom is 0.357 e. The van der Waals surface area contributed by atoms with Gasteiger partial charge in [0, 0.05) is 0 Å². The number of benzene rings is 1. The third kappa shape index (κ3) is 2.56. The summed E-state index contributed by atoms with van der Waals surface area (Å²) in [5.74, 6) is -0.333. The molecule has 1 unspecified atom stereocenters. The van der Waals surface area contributed by atoms with Crippen LogP contribution in [0.15, 0.2) is 55.5 Å². The van der Waals surface area contributed by atoms with Crippen molar-refractivity contribution in [1.82, 2.24) is 9.55 Å². The first-order chi connectivity index (χ1) is 10.7. The van der Waals surface area contributed by atoms with Crippen molar-refractivity contribution >= 4 is 5.97 Å². The largest absolute Gasteiger partial charge is 0.450 e. The SMILES string of the molecule is C=CC1(OC(=O)c2cncn2C(C)c2ccccc2)CCC1. The van der Waals surface area contributed by atoms with E-state index in [0.717, 1.165) is 24.8 Å². The van der Waals surface area contributed by atoms with Crippen molar-refractivity contribution in [1.29, 1.82) is 0 Å². The lowest BCUT2D eigenvalue weighted by Gasteiger charge is -2.38. The van der Waals surface area contributed by atoms with Crippen molar-refractivity contribution in [2.45, 2.75) is 37.8 Å². The van der Waals surface area contributed by atoms with Gasteiger partial charge in [-0.1, -0.05) is 36.9 Å². The van der Waals surface area contributed by atoms with Crippen molar-refractivity contribution in [2.75, 3.05) is 0 Å². The van der Waals surface area contributed by atoms with E-state index in [1.165, 1.54) is 0 Å². The minimum absolute atomic E-state index is 0.0207. The molecule has 1 saturated carbocycles. The maximum absolute atomic E-state index is 12.5. The maximum atomic E-state index is 12.5. The van der Waals surface area contributed by atoms with E-state index in [4.69, 9.17) is 4.74 Å². The normalized spacial score (nSPS) is 17.3. The Morgan fingerprint density at radius 3 is 2.73 bits per heavy atom. The van der Waals surface area contributed by atoms with Crippen LogP contribution >= 0.6 is 0 Å². The zero-order valence-electron chi connectivity index (χ0n) is 12.7. The Morgan fingerprint density at radius 2 is 2.14 bits per heavy atom. The smallest absolute Gasteiger partial charge is 0.357 e. The Bertz CT molecular complexity index is 671. The molecule has 1 aromatic heterocycles. The van der Waals surface area contributed by atoms with E-state index in [2.05, 4.69) is 11.6 Å². The van der Waals surface area contributed by atoms with E-state index >= 15 is 0 Å². The van der Waals surface area contributed by atoms with E-state index in [9.17, 15) is 4.79 Å². The predicted octanol–water partition coefficient (Wildman–Crippen LogP) is 3.76. The highest BCUT2D eigenvalue weighted by molar-refractivity contribution is 5.88. The highest BCUT2D eigenvalue weighted by Gasteiger charge is 2.38. The molecular formula is C18H20N2O2. The third-order valence-corrected chi connectivity index (χ3v) is 4.44. The lowest BCUT2D eigenvalue weighted by atomic mass is 9.80. The van der Waals surface area contributed by atoms with Gasteiger partial charge in [0.25, 0.3) is 0 Å². The second-order valence-electron chi connectivity index (χ2n) is 5.78. The fourth-order valence-corrected chi connectivity index (χ4v) is 2.77. The lowest BCUT2D eigenvalue weighted by molar-refractivity contribution is -0.0323. The minimum Gasteiger partial charge on any atom is -0.450 e. The van der Waals surface area contributed by atoms with Crippen molar-refractivity contribution in [3.05, 3.63) is 66.8 Å². The average molecular weight is 296 g/mol. The zero-order chi connectivity index (χ0) is 15.6. The second kappa shape index (κ2) is 5.79. The first-order valence-corrected chi connectivity index (χ1v) is 7.59. The molecule has 0 radical (unpaired) electrons. The van der Waals surface area contributed by atoms with Crippen molar-refractivity contribution in [3.8, 4) is 0 Å². The summed E-state index contributed by atoms with van der Waals surface area (Å²) >= 11 is 0. The second-order valence-corrected chi connectivity index (χ2v) is 5.78. The summed E-state index contributed by atoms with van der Waals surface area (Å²) in [6, 6.07) is 10.0. The number of nitrogens with zero attached hydrogens (tertiary/aromatic N) is 2. The highest BCUT2D eigenvalue weighted by Crippen LogP contribution is 2.37. The number of rotatable bonds is 5. The van der Waals surface area contributed by atoms with Gasteiger partial charge in [0.2, 0.25) is 0 Å². The van der Waals surface area contributed by atoms with Crippen LogP contribution in [0.4, 0.5) is 0 Å². The molecule has 114 valence electrons. The molecule has 0 bridgehead atoms. The van der Waals surface area contributed by atoms with Gasteiger partial charge >= 0.3 is 5.97 Å². The van der Waals surface area contributed by atoms with E-state index < -0.39 is 5.60 Å². The van der Waals surface area contributed by atoms with Crippen LogP contribution in [0.5, 0.6) is 0 Å². The van der Waals surface area contributed by atoms with Gasteiger partial charge in [-0.2, -0.15) is 0 Å². The average Bonchev–Trinajstić information content (AvgIpc) is 3.00. The highest BCUT2D eigenvalue weighted by atomic mass is 16.6. The summed E-state index contributed by atoms with van der Waals surface area (Å²) in [4.78, 5) is 16.6. The number of esters is 1.